The molecule has 0 spiro atoms. The quantitative estimate of drug-likeness (QED) is 0.268. The Bertz CT molecular complexity index is 266. The molecule has 0 aliphatic heterocycles. The lowest BCUT2D eigenvalue weighted by Crippen LogP contribution is -2.44. The summed E-state index contributed by atoms with van der Waals surface area (Å²) in [6, 6.07) is 0. The minimum atomic E-state index is -1.86. The molecule has 0 bridgehead atoms. The maximum atomic E-state index is 10.5. The molecule has 0 amide bonds. The molecule has 0 saturated heterocycles. The molecule has 0 aliphatic carbocycles. The number of aliphatic hydroxyl groups excluding tert-OH is 6. The van der Waals surface area contributed by atoms with Crippen LogP contribution in [0.15, 0.2) is 0 Å². The van der Waals surface area contributed by atoms with E-state index in [1.165, 1.54) is 14.0 Å². The zero-order chi connectivity index (χ0) is 15.6. The van der Waals surface area contributed by atoms with E-state index in [2.05, 4.69) is 4.74 Å². The molecule has 19 heavy (non-hydrogen) atoms. The topological polar surface area (TPSA) is 165 Å². The predicted molar refractivity (Wildman–Crippen MR) is 60.9 cm³/mol. The van der Waals surface area contributed by atoms with Crippen LogP contribution in [0.3, 0.4) is 0 Å². The van der Waals surface area contributed by atoms with Crippen LogP contribution in [-0.4, -0.2) is 87.1 Å². The summed E-state index contributed by atoms with van der Waals surface area (Å²) in [6.07, 6.45) is -6.22. The van der Waals surface area contributed by atoms with Gasteiger partial charge in [-0.2, -0.15) is 0 Å². The number of Topliss-reactive ketones (excluding diaryl/α,β-unsaturated/α-hetero) is 1. The van der Waals surface area contributed by atoms with Gasteiger partial charge < -0.3 is 35.4 Å². The third-order valence-electron chi connectivity index (χ3n) is 1.93. The molecule has 0 aromatic rings. The van der Waals surface area contributed by atoms with Crippen LogP contribution in [0.25, 0.3) is 0 Å². The van der Waals surface area contributed by atoms with Crippen molar-refractivity contribution in [3.63, 3.8) is 0 Å². The molecule has 4 atom stereocenters. The molecule has 0 heterocycles. The highest BCUT2D eigenvalue weighted by molar-refractivity contribution is 5.84. The van der Waals surface area contributed by atoms with E-state index in [9.17, 15) is 9.59 Å². The normalized spacial score (nSPS) is 16.4. The van der Waals surface area contributed by atoms with Crippen molar-refractivity contribution in [3.8, 4) is 0 Å². The van der Waals surface area contributed by atoms with Crippen LogP contribution in [0.1, 0.15) is 6.92 Å². The minimum Gasteiger partial charge on any atom is -0.467 e. The van der Waals surface area contributed by atoms with Crippen molar-refractivity contribution in [1.29, 1.82) is 0 Å². The van der Waals surface area contributed by atoms with E-state index in [1.54, 1.807) is 0 Å². The van der Waals surface area contributed by atoms with Gasteiger partial charge in [0.05, 0.1) is 13.7 Å². The van der Waals surface area contributed by atoms with Gasteiger partial charge in [-0.25, -0.2) is 4.79 Å². The van der Waals surface area contributed by atoms with Crippen molar-refractivity contribution in [1.82, 2.24) is 0 Å². The van der Waals surface area contributed by atoms with Gasteiger partial charge in [0.2, 0.25) is 0 Å². The first-order chi connectivity index (χ1) is 8.72. The number of aliphatic hydroxyl groups is 6. The molecule has 6 N–H and O–H groups in total. The average Bonchev–Trinajstić information content (AvgIpc) is 2.43. The fourth-order valence-corrected chi connectivity index (χ4v) is 0.773. The number of hydrogen-bond acceptors (Lipinski definition) is 9. The molecule has 0 radical (unpaired) electrons. The van der Waals surface area contributed by atoms with Gasteiger partial charge in [0.1, 0.15) is 31.0 Å². The Kier molecular flexibility index (Phi) is 11.5. The zero-order valence-corrected chi connectivity index (χ0v) is 10.6. The van der Waals surface area contributed by atoms with Gasteiger partial charge in [0.25, 0.3) is 0 Å². The van der Waals surface area contributed by atoms with Gasteiger partial charge in [-0.1, -0.05) is 0 Å². The number of ketones is 1. The maximum absolute atomic E-state index is 10.5. The lowest BCUT2D eigenvalue weighted by molar-refractivity contribution is -0.149. The van der Waals surface area contributed by atoms with Crippen LogP contribution in [0.4, 0.5) is 0 Å². The summed E-state index contributed by atoms with van der Waals surface area (Å²) in [4.78, 5) is 20.6. The molecule has 0 aromatic heterocycles. The van der Waals surface area contributed by atoms with Crippen molar-refractivity contribution >= 4 is 11.8 Å². The third kappa shape index (κ3) is 8.59. The lowest BCUT2D eigenvalue weighted by Gasteiger charge is -2.19. The standard InChI is InChI=1S/C6H12O6.C4H8O3/c7-1-3(9)5(11)6(12)4(10)2-8;1-3(5)4(6)7-2/h3,5-9,11-12H,1-2H2;3,5H,1-2H3. The number of rotatable bonds is 6. The van der Waals surface area contributed by atoms with E-state index in [0.29, 0.717) is 0 Å². The summed E-state index contributed by atoms with van der Waals surface area (Å²) in [6.45, 7) is -0.334. The number of hydrogen-bond donors (Lipinski definition) is 6. The molecule has 0 rings (SSSR count). The van der Waals surface area contributed by atoms with Gasteiger partial charge in [0, 0.05) is 0 Å². The number of methoxy groups -OCH3 is 1. The Morgan fingerprint density at radius 2 is 1.58 bits per heavy atom. The molecule has 0 aromatic carbocycles. The van der Waals surface area contributed by atoms with Crippen molar-refractivity contribution in [2.45, 2.75) is 31.3 Å². The number of carbonyl (C=O) groups excluding carboxylic acids is 2. The van der Waals surface area contributed by atoms with Crippen molar-refractivity contribution in [3.05, 3.63) is 0 Å². The van der Waals surface area contributed by atoms with E-state index in [1.807, 2.05) is 0 Å². The van der Waals surface area contributed by atoms with Gasteiger partial charge in [-0.05, 0) is 6.92 Å². The fraction of sp³-hybridized carbons (Fsp3) is 0.800. The first-order valence-electron chi connectivity index (χ1n) is 5.27. The highest BCUT2D eigenvalue weighted by atomic mass is 16.5. The van der Waals surface area contributed by atoms with Crippen molar-refractivity contribution in [2.75, 3.05) is 20.3 Å². The predicted octanol–water partition coefficient (Wildman–Crippen LogP) is -3.84. The zero-order valence-electron chi connectivity index (χ0n) is 10.6. The van der Waals surface area contributed by atoms with Crippen LogP contribution in [-0.2, 0) is 14.3 Å². The van der Waals surface area contributed by atoms with Crippen LogP contribution in [0.5, 0.6) is 0 Å². The fourth-order valence-electron chi connectivity index (χ4n) is 0.773. The second-order valence-corrected chi connectivity index (χ2v) is 3.51. The second-order valence-electron chi connectivity index (χ2n) is 3.51. The molecule has 4 unspecified atom stereocenters. The molecule has 0 aliphatic rings. The number of carbonyl (C=O) groups is 2. The molecule has 0 saturated carbocycles. The molecular formula is C10H20O9. The molecular weight excluding hydrogens is 264 g/mol. The van der Waals surface area contributed by atoms with Gasteiger partial charge in [-0.15, -0.1) is 0 Å². The molecule has 0 fully saturated rings. The first kappa shape index (κ1) is 20.2. The summed E-state index contributed by atoms with van der Waals surface area (Å²) in [5, 5.41) is 51.4. The van der Waals surface area contributed by atoms with Crippen molar-refractivity contribution < 1.29 is 45.0 Å². The minimum absolute atomic E-state index is 0.597. The van der Waals surface area contributed by atoms with E-state index in [4.69, 9.17) is 30.6 Å². The summed E-state index contributed by atoms with van der Waals surface area (Å²) in [7, 11) is 1.23. The Morgan fingerprint density at radius 3 is 1.79 bits per heavy atom. The third-order valence-corrected chi connectivity index (χ3v) is 1.93. The smallest absolute Gasteiger partial charge is 0.334 e. The average molecular weight is 284 g/mol. The maximum Gasteiger partial charge on any atom is 0.334 e. The van der Waals surface area contributed by atoms with Crippen molar-refractivity contribution in [2.24, 2.45) is 0 Å². The Morgan fingerprint density at radius 1 is 1.11 bits per heavy atom. The Balaban J connectivity index is 0. The van der Waals surface area contributed by atoms with Crippen LogP contribution < -0.4 is 0 Å². The van der Waals surface area contributed by atoms with E-state index in [-0.39, 0.29) is 0 Å². The number of esters is 1. The summed E-state index contributed by atoms with van der Waals surface area (Å²) >= 11 is 0. The van der Waals surface area contributed by atoms with Gasteiger partial charge in [-0.3, -0.25) is 4.79 Å². The highest BCUT2D eigenvalue weighted by Gasteiger charge is 2.28. The summed E-state index contributed by atoms with van der Waals surface area (Å²) in [5.41, 5.74) is 0. The van der Waals surface area contributed by atoms with Gasteiger partial charge in [0.15, 0.2) is 5.78 Å². The number of ether oxygens (including phenoxy) is 1. The van der Waals surface area contributed by atoms with E-state index in [0.717, 1.165) is 0 Å². The highest BCUT2D eigenvalue weighted by Crippen LogP contribution is 2.00. The van der Waals surface area contributed by atoms with Crippen LogP contribution in [0, 0.1) is 0 Å². The largest absolute Gasteiger partial charge is 0.467 e. The van der Waals surface area contributed by atoms with E-state index >= 15 is 0 Å². The van der Waals surface area contributed by atoms with Crippen LogP contribution >= 0.6 is 0 Å². The Hall–Kier alpha value is -1.10. The summed E-state index contributed by atoms with van der Waals surface area (Å²) in [5.74, 6) is -1.60. The monoisotopic (exact) mass is 284 g/mol. The first-order valence-corrected chi connectivity index (χ1v) is 5.27. The van der Waals surface area contributed by atoms with E-state index < -0.39 is 49.4 Å². The lowest BCUT2D eigenvalue weighted by atomic mass is 10.1. The molecule has 9 nitrogen and oxygen atoms in total. The second kappa shape index (κ2) is 10.8. The van der Waals surface area contributed by atoms with Crippen LogP contribution in [0.2, 0.25) is 0 Å². The SMILES string of the molecule is COC(=O)C(C)O.O=C(CO)C(O)C(O)C(O)CO. The van der Waals surface area contributed by atoms with Gasteiger partial charge >= 0.3 is 5.97 Å². The molecule has 114 valence electrons. The Labute approximate surface area is 109 Å². The molecule has 9 heteroatoms. The summed E-state index contributed by atoms with van der Waals surface area (Å²) < 4.78 is 4.12.